The molecule has 2 aromatic rings. The molecule has 4 aliphatic rings. The fourth-order valence-corrected chi connectivity index (χ4v) is 8.56. The van der Waals surface area contributed by atoms with Gasteiger partial charge in [0.05, 0.1) is 5.52 Å². The number of aromatic nitrogens is 1. The average molecular weight is 415 g/mol. The Morgan fingerprint density at radius 1 is 0.968 bits per heavy atom. The quantitative estimate of drug-likeness (QED) is 0.536. The van der Waals surface area contributed by atoms with Crippen molar-refractivity contribution in [2.24, 2.45) is 35.0 Å². The molecule has 1 aromatic carbocycles. The average Bonchev–Trinajstić information content (AvgIpc) is 3.15. The number of rotatable bonds is 2. The fourth-order valence-electron chi connectivity index (χ4n) is 8.56. The van der Waals surface area contributed by atoms with Crippen LogP contribution in [0.1, 0.15) is 63.9 Å². The van der Waals surface area contributed by atoms with E-state index in [4.69, 9.17) is 0 Å². The Balaban J connectivity index is 1.25. The van der Waals surface area contributed by atoms with Crippen molar-refractivity contribution in [2.45, 2.75) is 64.3 Å². The first-order chi connectivity index (χ1) is 15.0. The highest BCUT2D eigenvalue weighted by Crippen LogP contribution is 2.64. The van der Waals surface area contributed by atoms with Crippen LogP contribution in [0, 0.1) is 35.0 Å². The van der Waals surface area contributed by atoms with E-state index in [0.717, 1.165) is 41.1 Å². The predicted octanol–water partition coefficient (Wildman–Crippen LogP) is 6.81. The number of hydrogen-bond donors (Lipinski definition) is 0. The van der Waals surface area contributed by atoms with Gasteiger partial charge in [0.15, 0.2) is 0 Å². The smallest absolute Gasteiger partial charge is 0.0702 e. The van der Waals surface area contributed by atoms with Crippen molar-refractivity contribution in [2.75, 3.05) is 14.1 Å². The van der Waals surface area contributed by atoms with E-state index in [1.165, 1.54) is 62.3 Å². The maximum absolute atomic E-state index is 4.53. The Hall–Kier alpha value is -1.67. The second-order valence-corrected chi connectivity index (χ2v) is 11.6. The molecular weight excluding hydrogens is 376 g/mol. The van der Waals surface area contributed by atoms with Crippen LogP contribution in [0.25, 0.3) is 16.5 Å². The van der Waals surface area contributed by atoms with Gasteiger partial charge >= 0.3 is 0 Å². The summed E-state index contributed by atoms with van der Waals surface area (Å²) in [5.74, 6) is 4.81. The molecule has 2 heteroatoms. The van der Waals surface area contributed by atoms with Gasteiger partial charge in [-0.2, -0.15) is 0 Å². The normalized spacial score (nSPS) is 39.7. The summed E-state index contributed by atoms with van der Waals surface area (Å²) in [5, 5.41) is 1.28. The first-order valence-corrected chi connectivity index (χ1v) is 12.8. The van der Waals surface area contributed by atoms with Crippen LogP contribution in [0.4, 0.5) is 0 Å². The Labute approximate surface area is 188 Å². The first kappa shape index (κ1) is 20.0. The number of benzene rings is 1. The van der Waals surface area contributed by atoms with Crippen LogP contribution in [0.3, 0.4) is 0 Å². The largest absolute Gasteiger partial charge is 0.306 e. The van der Waals surface area contributed by atoms with Gasteiger partial charge in [-0.1, -0.05) is 25.1 Å². The summed E-state index contributed by atoms with van der Waals surface area (Å²) in [6.45, 7) is 2.61. The molecule has 2 nitrogen and oxygen atoms in total. The van der Waals surface area contributed by atoms with E-state index in [0.29, 0.717) is 5.41 Å². The zero-order valence-electron chi connectivity index (χ0n) is 19.6. The van der Waals surface area contributed by atoms with Gasteiger partial charge in [-0.3, -0.25) is 4.98 Å². The SMILES string of the molecule is CN(C)[C@H]1CC[C@H]2[C@@H](CC[C@@H]3[C@@H]2CC[C@]2(C)C(c4ccc5ncccc5c4)=CC[C@@H]32)C1. The molecule has 4 aliphatic carbocycles. The maximum atomic E-state index is 4.53. The highest BCUT2D eigenvalue weighted by atomic mass is 15.1. The van der Waals surface area contributed by atoms with Crippen LogP contribution in [-0.4, -0.2) is 30.0 Å². The molecule has 1 aromatic heterocycles. The van der Waals surface area contributed by atoms with E-state index in [-0.39, 0.29) is 0 Å². The molecule has 0 N–H and O–H groups in total. The van der Waals surface area contributed by atoms with Crippen LogP contribution in [0.2, 0.25) is 0 Å². The van der Waals surface area contributed by atoms with Crippen LogP contribution in [0.5, 0.6) is 0 Å². The van der Waals surface area contributed by atoms with Crippen LogP contribution >= 0.6 is 0 Å². The zero-order chi connectivity index (χ0) is 21.2. The molecule has 0 radical (unpaired) electrons. The number of nitrogens with zero attached hydrogens (tertiary/aromatic N) is 2. The van der Waals surface area contributed by atoms with Gasteiger partial charge in [0.1, 0.15) is 0 Å². The Morgan fingerprint density at radius 2 is 1.84 bits per heavy atom. The molecule has 31 heavy (non-hydrogen) atoms. The monoisotopic (exact) mass is 414 g/mol. The molecule has 3 saturated carbocycles. The predicted molar refractivity (Wildman–Crippen MR) is 130 cm³/mol. The maximum Gasteiger partial charge on any atom is 0.0702 e. The lowest BCUT2D eigenvalue weighted by atomic mass is 9.49. The van der Waals surface area contributed by atoms with Gasteiger partial charge in [-0.05, 0) is 130 Å². The number of pyridine rings is 1. The standard InChI is InChI=1S/C29H38N2/c1-29-15-14-24-23-10-8-22(31(2)3)18-19(23)6-9-25(24)27(29)12-11-26(29)20-7-13-28-21(17-20)5-4-16-30-28/h4-5,7,11,13,16-17,19,22-25,27H,6,8-10,12,14-15,18H2,1-3H3/t19-,22-,23-,24+,25+,27-,29+/m0/s1. The van der Waals surface area contributed by atoms with Crippen LogP contribution < -0.4 is 0 Å². The molecule has 7 atom stereocenters. The molecule has 0 aliphatic heterocycles. The van der Waals surface area contributed by atoms with Gasteiger partial charge < -0.3 is 4.90 Å². The number of hydrogen-bond acceptors (Lipinski definition) is 2. The molecule has 0 bridgehead atoms. The lowest BCUT2D eigenvalue weighted by Gasteiger charge is -2.56. The zero-order valence-corrected chi connectivity index (χ0v) is 19.6. The summed E-state index contributed by atoms with van der Waals surface area (Å²) in [4.78, 5) is 7.03. The van der Waals surface area contributed by atoms with E-state index >= 15 is 0 Å². The van der Waals surface area contributed by atoms with Gasteiger partial charge in [-0.15, -0.1) is 0 Å². The van der Waals surface area contributed by atoms with Crippen molar-refractivity contribution in [1.29, 1.82) is 0 Å². The van der Waals surface area contributed by atoms with Crippen LogP contribution in [0.15, 0.2) is 42.6 Å². The Kier molecular flexibility index (Phi) is 4.79. The van der Waals surface area contributed by atoms with Crippen molar-refractivity contribution in [1.82, 2.24) is 9.88 Å². The van der Waals surface area contributed by atoms with E-state index in [1.807, 2.05) is 6.20 Å². The third kappa shape index (κ3) is 3.12. The molecule has 0 spiro atoms. The van der Waals surface area contributed by atoms with E-state index in [2.05, 4.69) is 67.3 Å². The van der Waals surface area contributed by atoms with Crippen molar-refractivity contribution >= 4 is 16.5 Å². The fraction of sp³-hybridized carbons (Fsp3) is 0.621. The van der Waals surface area contributed by atoms with Crippen molar-refractivity contribution in [3.05, 3.63) is 48.2 Å². The van der Waals surface area contributed by atoms with E-state index in [1.54, 1.807) is 5.57 Å². The lowest BCUT2D eigenvalue weighted by Crippen LogP contribution is -2.49. The van der Waals surface area contributed by atoms with Crippen LogP contribution in [-0.2, 0) is 0 Å². The molecule has 6 rings (SSSR count). The summed E-state index contributed by atoms with van der Waals surface area (Å²) in [7, 11) is 4.58. The molecule has 1 heterocycles. The molecule has 0 saturated heterocycles. The highest BCUT2D eigenvalue weighted by molar-refractivity contribution is 5.85. The second-order valence-electron chi connectivity index (χ2n) is 11.6. The topological polar surface area (TPSA) is 16.1 Å². The van der Waals surface area contributed by atoms with Gasteiger partial charge in [0.2, 0.25) is 0 Å². The van der Waals surface area contributed by atoms with Gasteiger partial charge in [0.25, 0.3) is 0 Å². The molecule has 0 unspecified atom stereocenters. The third-order valence-corrected chi connectivity index (χ3v) is 10.2. The first-order valence-electron chi connectivity index (χ1n) is 12.8. The second kappa shape index (κ2) is 7.44. The van der Waals surface area contributed by atoms with E-state index in [9.17, 15) is 0 Å². The Bertz CT molecular complexity index is 1010. The minimum absolute atomic E-state index is 0.366. The van der Waals surface area contributed by atoms with Crippen molar-refractivity contribution in [3.63, 3.8) is 0 Å². The summed E-state index contributed by atoms with van der Waals surface area (Å²) in [6.07, 6.45) is 16.0. The van der Waals surface area contributed by atoms with Crippen molar-refractivity contribution in [3.8, 4) is 0 Å². The van der Waals surface area contributed by atoms with Gasteiger partial charge in [-0.25, -0.2) is 0 Å². The molecule has 3 fully saturated rings. The Morgan fingerprint density at radius 3 is 2.71 bits per heavy atom. The highest BCUT2D eigenvalue weighted by Gasteiger charge is 2.54. The molecular formula is C29H38N2. The minimum Gasteiger partial charge on any atom is -0.306 e. The third-order valence-electron chi connectivity index (χ3n) is 10.2. The van der Waals surface area contributed by atoms with E-state index < -0.39 is 0 Å². The molecule has 0 amide bonds. The summed E-state index contributed by atoms with van der Waals surface area (Å²) in [6, 6.07) is 12.1. The van der Waals surface area contributed by atoms with Crippen molar-refractivity contribution < 1.29 is 0 Å². The van der Waals surface area contributed by atoms with Gasteiger partial charge in [0, 0.05) is 17.6 Å². The summed E-state index contributed by atoms with van der Waals surface area (Å²) < 4.78 is 0. The number of allylic oxidation sites excluding steroid dienone is 2. The summed E-state index contributed by atoms with van der Waals surface area (Å²) >= 11 is 0. The summed E-state index contributed by atoms with van der Waals surface area (Å²) in [5.41, 5.74) is 4.57. The molecule has 164 valence electrons. The lowest BCUT2D eigenvalue weighted by molar-refractivity contribution is -0.0482. The number of fused-ring (bicyclic) bond motifs is 6. The minimum atomic E-state index is 0.366.